The largest absolute Gasteiger partial charge is 0.355 e. The Bertz CT molecular complexity index is 387. The molecular weight excluding hydrogens is 266 g/mol. The van der Waals surface area contributed by atoms with E-state index in [-0.39, 0.29) is 11.8 Å². The third-order valence-electron chi connectivity index (χ3n) is 3.00. The molecule has 2 nitrogen and oxygen atoms in total. The van der Waals surface area contributed by atoms with E-state index in [1.54, 1.807) is 0 Å². The standard InChI is InChI=1S/C13H16BrNO/c1-9(11-3-2-4-12(14)7-11)13(16)15-8-10-5-6-10/h2-4,7,9-10H,5-6,8H2,1H3,(H,15,16). The van der Waals surface area contributed by atoms with Gasteiger partial charge in [0.05, 0.1) is 5.92 Å². The number of halogens is 1. The first-order valence-corrected chi connectivity index (χ1v) is 6.49. The quantitative estimate of drug-likeness (QED) is 0.903. The molecule has 0 saturated heterocycles. The average Bonchev–Trinajstić information content (AvgIpc) is 3.08. The molecule has 2 rings (SSSR count). The molecule has 0 bridgehead atoms. The minimum absolute atomic E-state index is 0.0729. The van der Waals surface area contributed by atoms with Crippen LogP contribution in [0.3, 0.4) is 0 Å². The van der Waals surface area contributed by atoms with Crippen LogP contribution in [0, 0.1) is 5.92 Å². The van der Waals surface area contributed by atoms with Crippen LogP contribution in [0.5, 0.6) is 0 Å². The normalized spacial score (nSPS) is 16.9. The molecule has 1 saturated carbocycles. The number of amides is 1. The predicted octanol–water partition coefficient (Wildman–Crippen LogP) is 3.08. The van der Waals surface area contributed by atoms with Crippen LogP contribution in [0.1, 0.15) is 31.2 Å². The SMILES string of the molecule is CC(C(=O)NCC1CC1)c1cccc(Br)c1. The van der Waals surface area contributed by atoms with Crippen LogP contribution >= 0.6 is 15.9 Å². The highest BCUT2D eigenvalue weighted by Gasteiger charge is 2.23. The van der Waals surface area contributed by atoms with Crippen LogP contribution in [0.25, 0.3) is 0 Å². The van der Waals surface area contributed by atoms with Crippen molar-refractivity contribution in [2.45, 2.75) is 25.7 Å². The molecule has 0 heterocycles. The van der Waals surface area contributed by atoms with Gasteiger partial charge in [-0.3, -0.25) is 4.79 Å². The van der Waals surface area contributed by atoms with Crippen LogP contribution in [-0.2, 0) is 4.79 Å². The highest BCUT2D eigenvalue weighted by Crippen LogP contribution is 2.28. The maximum Gasteiger partial charge on any atom is 0.227 e. The molecule has 0 aliphatic heterocycles. The Morgan fingerprint density at radius 1 is 1.56 bits per heavy atom. The Kier molecular flexibility index (Phi) is 3.64. The molecule has 1 fully saturated rings. The third kappa shape index (κ3) is 3.08. The van der Waals surface area contributed by atoms with Gasteiger partial charge in [-0.1, -0.05) is 28.1 Å². The second-order valence-corrected chi connectivity index (χ2v) is 5.38. The Morgan fingerprint density at radius 3 is 2.94 bits per heavy atom. The zero-order chi connectivity index (χ0) is 11.5. The van der Waals surface area contributed by atoms with Gasteiger partial charge in [-0.05, 0) is 43.4 Å². The predicted molar refractivity (Wildman–Crippen MR) is 68.3 cm³/mol. The van der Waals surface area contributed by atoms with E-state index >= 15 is 0 Å². The van der Waals surface area contributed by atoms with Gasteiger partial charge >= 0.3 is 0 Å². The van der Waals surface area contributed by atoms with Gasteiger partial charge in [0.25, 0.3) is 0 Å². The first kappa shape index (κ1) is 11.6. The number of rotatable bonds is 4. The highest BCUT2D eigenvalue weighted by molar-refractivity contribution is 9.10. The fourth-order valence-electron chi connectivity index (χ4n) is 1.65. The van der Waals surface area contributed by atoms with Gasteiger partial charge < -0.3 is 5.32 Å². The minimum atomic E-state index is -0.0729. The molecule has 1 aromatic rings. The summed E-state index contributed by atoms with van der Waals surface area (Å²) in [5, 5.41) is 3.01. The monoisotopic (exact) mass is 281 g/mol. The zero-order valence-corrected chi connectivity index (χ0v) is 11.0. The van der Waals surface area contributed by atoms with Gasteiger partial charge in [0, 0.05) is 11.0 Å². The first-order chi connectivity index (χ1) is 7.66. The lowest BCUT2D eigenvalue weighted by Gasteiger charge is -2.12. The molecular formula is C13H16BrNO. The van der Waals surface area contributed by atoms with Crippen molar-refractivity contribution in [2.75, 3.05) is 6.54 Å². The summed E-state index contributed by atoms with van der Waals surface area (Å²) >= 11 is 3.42. The number of carbonyl (C=O) groups is 1. The summed E-state index contributed by atoms with van der Waals surface area (Å²) in [6.07, 6.45) is 2.54. The second-order valence-electron chi connectivity index (χ2n) is 4.47. The molecule has 16 heavy (non-hydrogen) atoms. The molecule has 1 unspecified atom stereocenters. The summed E-state index contributed by atoms with van der Waals surface area (Å²) in [4.78, 5) is 11.9. The molecule has 0 radical (unpaired) electrons. The molecule has 1 aliphatic carbocycles. The van der Waals surface area contributed by atoms with E-state index in [1.807, 2.05) is 31.2 Å². The summed E-state index contributed by atoms with van der Waals surface area (Å²) in [5.74, 6) is 0.792. The molecule has 0 spiro atoms. The maximum atomic E-state index is 11.9. The van der Waals surface area contributed by atoms with Gasteiger partial charge in [-0.15, -0.1) is 0 Å². The topological polar surface area (TPSA) is 29.1 Å². The van der Waals surface area contributed by atoms with E-state index in [4.69, 9.17) is 0 Å². The van der Waals surface area contributed by atoms with E-state index in [2.05, 4.69) is 21.2 Å². The molecule has 1 aromatic carbocycles. The minimum Gasteiger partial charge on any atom is -0.355 e. The molecule has 1 N–H and O–H groups in total. The summed E-state index contributed by atoms with van der Waals surface area (Å²) in [6, 6.07) is 7.93. The molecule has 0 aromatic heterocycles. The van der Waals surface area contributed by atoms with Gasteiger partial charge in [-0.25, -0.2) is 0 Å². The van der Waals surface area contributed by atoms with E-state index in [9.17, 15) is 4.79 Å². The maximum absolute atomic E-state index is 11.9. The number of hydrogen-bond donors (Lipinski definition) is 1. The summed E-state index contributed by atoms with van der Waals surface area (Å²) < 4.78 is 1.02. The number of benzene rings is 1. The summed E-state index contributed by atoms with van der Waals surface area (Å²) in [7, 11) is 0. The van der Waals surface area contributed by atoms with E-state index < -0.39 is 0 Å². The van der Waals surface area contributed by atoms with Crippen molar-refractivity contribution < 1.29 is 4.79 Å². The van der Waals surface area contributed by atoms with Crippen LogP contribution in [-0.4, -0.2) is 12.5 Å². The van der Waals surface area contributed by atoms with E-state index in [0.717, 1.165) is 22.5 Å². The van der Waals surface area contributed by atoms with Crippen LogP contribution in [0.15, 0.2) is 28.7 Å². The Labute approximate surface area is 105 Å². The van der Waals surface area contributed by atoms with Crippen molar-refractivity contribution in [1.82, 2.24) is 5.32 Å². The molecule has 1 aliphatic rings. The molecule has 1 amide bonds. The van der Waals surface area contributed by atoms with Crippen LogP contribution in [0.4, 0.5) is 0 Å². The fraction of sp³-hybridized carbons (Fsp3) is 0.462. The summed E-state index contributed by atoms with van der Waals surface area (Å²) in [5.41, 5.74) is 1.06. The van der Waals surface area contributed by atoms with Crippen molar-refractivity contribution in [2.24, 2.45) is 5.92 Å². The van der Waals surface area contributed by atoms with Crippen LogP contribution < -0.4 is 5.32 Å². The lowest BCUT2D eigenvalue weighted by atomic mass is 10.0. The van der Waals surface area contributed by atoms with Gasteiger partial charge in [0.1, 0.15) is 0 Å². The number of hydrogen-bond acceptors (Lipinski definition) is 1. The molecule has 3 heteroatoms. The van der Waals surface area contributed by atoms with Gasteiger partial charge in [0.15, 0.2) is 0 Å². The van der Waals surface area contributed by atoms with E-state index in [1.165, 1.54) is 12.8 Å². The number of carbonyl (C=O) groups excluding carboxylic acids is 1. The fourth-order valence-corrected chi connectivity index (χ4v) is 2.06. The summed E-state index contributed by atoms with van der Waals surface area (Å²) in [6.45, 7) is 2.79. The zero-order valence-electron chi connectivity index (χ0n) is 9.37. The number of nitrogens with one attached hydrogen (secondary N) is 1. The van der Waals surface area contributed by atoms with Crippen molar-refractivity contribution in [1.29, 1.82) is 0 Å². The first-order valence-electron chi connectivity index (χ1n) is 5.70. The smallest absolute Gasteiger partial charge is 0.227 e. The van der Waals surface area contributed by atoms with Crippen molar-refractivity contribution in [3.63, 3.8) is 0 Å². The Hall–Kier alpha value is -0.830. The van der Waals surface area contributed by atoms with Crippen molar-refractivity contribution >= 4 is 21.8 Å². The van der Waals surface area contributed by atoms with Crippen LogP contribution in [0.2, 0.25) is 0 Å². The second kappa shape index (κ2) is 5.00. The van der Waals surface area contributed by atoms with Gasteiger partial charge in [0.2, 0.25) is 5.91 Å². The lowest BCUT2D eigenvalue weighted by Crippen LogP contribution is -2.29. The molecule has 1 atom stereocenters. The Balaban J connectivity index is 1.94. The van der Waals surface area contributed by atoms with Crippen molar-refractivity contribution in [3.8, 4) is 0 Å². The van der Waals surface area contributed by atoms with Gasteiger partial charge in [-0.2, -0.15) is 0 Å². The van der Waals surface area contributed by atoms with E-state index in [0.29, 0.717) is 0 Å². The molecule has 86 valence electrons. The van der Waals surface area contributed by atoms with Crippen molar-refractivity contribution in [3.05, 3.63) is 34.3 Å². The lowest BCUT2D eigenvalue weighted by molar-refractivity contribution is -0.122. The Morgan fingerprint density at radius 2 is 2.31 bits per heavy atom. The highest BCUT2D eigenvalue weighted by atomic mass is 79.9. The third-order valence-corrected chi connectivity index (χ3v) is 3.50. The average molecular weight is 282 g/mol.